The molecule has 0 bridgehead atoms. The van der Waals surface area contributed by atoms with E-state index in [9.17, 15) is 0 Å². The highest BCUT2D eigenvalue weighted by atomic mass is 127. The average Bonchev–Trinajstić information content (AvgIpc) is 2.65. The first-order valence-electron chi connectivity index (χ1n) is 8.97. The van der Waals surface area contributed by atoms with Crippen molar-refractivity contribution in [2.75, 3.05) is 11.9 Å². The summed E-state index contributed by atoms with van der Waals surface area (Å²) < 4.78 is 8.38. The van der Waals surface area contributed by atoms with Gasteiger partial charge in [0.2, 0.25) is 0 Å². The number of benzene rings is 2. The molecule has 0 unspecified atom stereocenters. The average molecular weight is 544 g/mol. The van der Waals surface area contributed by atoms with Crippen molar-refractivity contribution in [1.29, 1.82) is 0 Å². The van der Waals surface area contributed by atoms with E-state index in [2.05, 4.69) is 80.2 Å². The van der Waals surface area contributed by atoms with Gasteiger partial charge in [-0.3, -0.25) is 0 Å². The van der Waals surface area contributed by atoms with Gasteiger partial charge in [-0.05, 0) is 59.2 Å². The van der Waals surface area contributed by atoms with Crippen LogP contribution in [-0.4, -0.2) is 11.6 Å². The van der Waals surface area contributed by atoms with Crippen LogP contribution in [0.25, 0.3) is 0 Å². The Morgan fingerprint density at radius 1 is 1.12 bits per heavy atom. The fraction of sp³-hybridized carbons (Fsp3) is 0.381. The second-order valence-corrected chi connectivity index (χ2v) is 9.38. The van der Waals surface area contributed by atoms with Crippen LogP contribution in [0.3, 0.4) is 0 Å². The van der Waals surface area contributed by atoms with E-state index < -0.39 is 0 Å². The minimum Gasteiger partial charge on any atom is -0.376 e. The molecule has 2 nitrogen and oxygen atoms in total. The molecule has 1 N–H and O–H groups in total. The van der Waals surface area contributed by atoms with Crippen LogP contribution in [-0.2, 0) is 11.3 Å². The first-order chi connectivity index (χ1) is 12.6. The van der Waals surface area contributed by atoms with Gasteiger partial charge in [0.25, 0.3) is 0 Å². The lowest BCUT2D eigenvalue weighted by Gasteiger charge is -2.38. The number of nitrogens with one attached hydrogen (secondary N) is 1. The Kier molecular flexibility index (Phi) is 7.49. The van der Waals surface area contributed by atoms with Crippen LogP contribution >= 0.6 is 50.7 Å². The van der Waals surface area contributed by atoms with Crippen LogP contribution in [0.5, 0.6) is 0 Å². The van der Waals surface area contributed by atoms with Crippen molar-refractivity contribution in [1.82, 2.24) is 0 Å². The van der Waals surface area contributed by atoms with Crippen molar-refractivity contribution >= 4 is 61.4 Å². The maximum Gasteiger partial charge on any atom is 0.0883 e. The number of hydrogen-bond donors (Lipinski definition) is 1. The molecular weight excluding hydrogens is 521 g/mol. The van der Waals surface area contributed by atoms with Crippen LogP contribution in [0.1, 0.15) is 37.7 Å². The van der Waals surface area contributed by atoms with E-state index in [0.29, 0.717) is 13.2 Å². The summed E-state index contributed by atoms with van der Waals surface area (Å²) in [4.78, 5) is 0.922. The zero-order valence-electron chi connectivity index (χ0n) is 14.6. The third-order valence-corrected chi connectivity index (χ3v) is 6.88. The Balaban J connectivity index is 1.68. The molecular formula is C21H23BrINOS. The monoisotopic (exact) mass is 543 g/mol. The van der Waals surface area contributed by atoms with E-state index in [1.807, 2.05) is 12.1 Å². The molecule has 1 aliphatic carbocycles. The molecule has 0 radical (unpaired) electrons. The van der Waals surface area contributed by atoms with Gasteiger partial charge >= 0.3 is 0 Å². The first kappa shape index (κ1) is 20.2. The molecule has 1 aliphatic rings. The van der Waals surface area contributed by atoms with Gasteiger partial charge in [0.15, 0.2) is 0 Å². The van der Waals surface area contributed by atoms with Crippen LogP contribution < -0.4 is 5.32 Å². The molecule has 0 spiro atoms. The van der Waals surface area contributed by atoms with Gasteiger partial charge < -0.3 is 10.1 Å². The molecule has 26 heavy (non-hydrogen) atoms. The number of ether oxygens (including phenoxy) is 1. The maximum absolute atomic E-state index is 6.13. The van der Waals surface area contributed by atoms with E-state index in [1.54, 1.807) is 0 Å². The minimum atomic E-state index is -0.0570. The van der Waals surface area contributed by atoms with Crippen molar-refractivity contribution in [3.05, 3.63) is 62.1 Å². The lowest BCUT2D eigenvalue weighted by molar-refractivity contribution is 0.0493. The summed E-state index contributed by atoms with van der Waals surface area (Å²) in [6, 6.07) is 16.6. The summed E-state index contributed by atoms with van der Waals surface area (Å²) in [5.74, 6) is 0. The van der Waals surface area contributed by atoms with Crippen LogP contribution in [0, 0.1) is 8.99 Å². The molecule has 3 rings (SSSR count). The fourth-order valence-corrected chi connectivity index (χ4v) is 5.26. The van der Waals surface area contributed by atoms with Gasteiger partial charge in [-0.1, -0.05) is 77.7 Å². The summed E-state index contributed by atoms with van der Waals surface area (Å²) in [5.41, 5.74) is 2.23. The second-order valence-electron chi connectivity index (χ2n) is 6.90. The molecule has 1 fully saturated rings. The molecule has 0 amide bonds. The van der Waals surface area contributed by atoms with Gasteiger partial charge in [0.1, 0.15) is 0 Å². The summed E-state index contributed by atoms with van der Waals surface area (Å²) in [7, 11) is 0. The third-order valence-electron chi connectivity index (χ3n) is 4.96. The number of anilines is 1. The molecule has 138 valence electrons. The fourth-order valence-electron chi connectivity index (χ4n) is 3.45. The number of rotatable bonds is 6. The molecule has 0 aromatic heterocycles. The van der Waals surface area contributed by atoms with Crippen molar-refractivity contribution in [2.24, 2.45) is 5.41 Å². The Morgan fingerprint density at radius 3 is 2.54 bits per heavy atom. The summed E-state index contributed by atoms with van der Waals surface area (Å²) in [6.45, 7) is 1.32. The van der Waals surface area contributed by atoms with Gasteiger partial charge in [0.05, 0.1) is 23.9 Å². The van der Waals surface area contributed by atoms with E-state index in [4.69, 9.17) is 17.0 Å². The van der Waals surface area contributed by atoms with E-state index in [0.717, 1.165) is 31.6 Å². The maximum atomic E-state index is 6.13. The lowest BCUT2D eigenvalue weighted by Crippen LogP contribution is -2.40. The zero-order chi connectivity index (χ0) is 18.4. The highest BCUT2D eigenvalue weighted by Crippen LogP contribution is 2.39. The van der Waals surface area contributed by atoms with Crippen molar-refractivity contribution in [3.8, 4) is 0 Å². The van der Waals surface area contributed by atoms with Crippen molar-refractivity contribution in [2.45, 2.75) is 38.7 Å². The molecule has 0 atom stereocenters. The quantitative estimate of drug-likeness (QED) is 0.314. The lowest BCUT2D eigenvalue weighted by atomic mass is 9.74. The van der Waals surface area contributed by atoms with Crippen molar-refractivity contribution < 1.29 is 4.74 Å². The Morgan fingerprint density at radius 2 is 1.85 bits per heavy atom. The standard InChI is InChI=1S/C21H23BrINOS/c22-17-9-10-19(18(23)13-17)24-20(26)21(11-5-2-6-12-21)15-25-14-16-7-3-1-4-8-16/h1,3-4,7-10,13H,2,5-6,11-12,14-15H2,(H,24,26). The zero-order valence-corrected chi connectivity index (χ0v) is 19.2. The van der Waals surface area contributed by atoms with Gasteiger partial charge in [-0.2, -0.15) is 0 Å². The van der Waals surface area contributed by atoms with Crippen LogP contribution in [0.4, 0.5) is 5.69 Å². The van der Waals surface area contributed by atoms with Crippen LogP contribution in [0.15, 0.2) is 53.0 Å². The van der Waals surface area contributed by atoms with Crippen LogP contribution in [0.2, 0.25) is 0 Å². The first-order valence-corrected chi connectivity index (χ1v) is 11.3. The third kappa shape index (κ3) is 5.27. The van der Waals surface area contributed by atoms with E-state index >= 15 is 0 Å². The normalized spacial score (nSPS) is 16.2. The van der Waals surface area contributed by atoms with Crippen molar-refractivity contribution in [3.63, 3.8) is 0 Å². The molecule has 0 saturated heterocycles. The minimum absolute atomic E-state index is 0.0570. The van der Waals surface area contributed by atoms with Gasteiger partial charge in [-0.15, -0.1) is 0 Å². The molecule has 1 saturated carbocycles. The molecule has 0 heterocycles. The molecule has 0 aliphatic heterocycles. The molecule has 5 heteroatoms. The van der Waals surface area contributed by atoms with Gasteiger partial charge in [0, 0.05) is 13.5 Å². The van der Waals surface area contributed by atoms with E-state index in [1.165, 1.54) is 24.8 Å². The summed E-state index contributed by atoms with van der Waals surface area (Å²) in [5, 5.41) is 3.52. The molecule has 2 aromatic carbocycles. The summed E-state index contributed by atoms with van der Waals surface area (Å²) >= 11 is 11.8. The number of thiocarbonyl (C=S) groups is 1. The summed E-state index contributed by atoms with van der Waals surface area (Å²) in [6.07, 6.45) is 5.92. The van der Waals surface area contributed by atoms with E-state index in [-0.39, 0.29) is 5.41 Å². The Bertz CT molecular complexity index is 747. The highest BCUT2D eigenvalue weighted by molar-refractivity contribution is 14.1. The molecule has 2 aromatic rings. The number of hydrogen-bond acceptors (Lipinski definition) is 2. The topological polar surface area (TPSA) is 21.3 Å². The highest BCUT2D eigenvalue weighted by Gasteiger charge is 2.37. The SMILES string of the molecule is S=C(Nc1ccc(Br)cc1I)C1(COCc2ccccc2)CCCCC1. The largest absolute Gasteiger partial charge is 0.376 e. The predicted octanol–water partition coefficient (Wildman–Crippen LogP) is 6.96. The Hall–Kier alpha value is -0.500. The number of halogens is 2. The van der Waals surface area contributed by atoms with Gasteiger partial charge in [-0.25, -0.2) is 0 Å². The Labute approximate surface area is 183 Å². The second kappa shape index (κ2) is 9.62. The smallest absolute Gasteiger partial charge is 0.0883 e. The predicted molar refractivity (Wildman–Crippen MR) is 125 cm³/mol.